The second-order valence-electron chi connectivity index (χ2n) is 4.06. The molecule has 0 bridgehead atoms. The number of phenols is 1. The molecule has 84 valence electrons. The lowest BCUT2D eigenvalue weighted by atomic mass is 10.1. The molecule has 0 saturated heterocycles. The number of nitrogens with zero attached hydrogens (tertiary/aromatic N) is 1. The van der Waals surface area contributed by atoms with E-state index in [9.17, 15) is 9.90 Å². The fourth-order valence-corrected chi connectivity index (χ4v) is 2.10. The van der Waals surface area contributed by atoms with Gasteiger partial charge in [-0.3, -0.25) is 4.79 Å². The number of fused-ring (bicyclic) bond motifs is 1. The summed E-state index contributed by atoms with van der Waals surface area (Å²) in [5.41, 5.74) is 2.62. The van der Waals surface area contributed by atoms with E-state index in [0.29, 0.717) is 6.54 Å². The van der Waals surface area contributed by atoms with Crippen molar-refractivity contribution in [3.8, 4) is 5.75 Å². The number of anilines is 1. The van der Waals surface area contributed by atoms with E-state index in [1.54, 1.807) is 29.2 Å². The third-order valence-corrected chi connectivity index (χ3v) is 2.98. The van der Waals surface area contributed by atoms with E-state index >= 15 is 0 Å². The minimum Gasteiger partial charge on any atom is -0.508 e. The molecule has 1 aliphatic rings. The third kappa shape index (κ3) is 1.56. The van der Waals surface area contributed by atoms with Crippen LogP contribution in [0.3, 0.4) is 0 Å². The summed E-state index contributed by atoms with van der Waals surface area (Å²) in [5, 5.41) is 9.24. The molecule has 3 rings (SSSR count). The molecule has 2 aromatic carbocycles. The van der Waals surface area contributed by atoms with Crippen molar-refractivity contribution in [3.63, 3.8) is 0 Å². The maximum absolute atomic E-state index is 12.1. The first kappa shape index (κ1) is 9.90. The average Bonchev–Trinajstić information content (AvgIpc) is 2.69. The van der Waals surface area contributed by atoms with Gasteiger partial charge in [-0.25, -0.2) is 0 Å². The zero-order valence-corrected chi connectivity index (χ0v) is 9.13. The molecule has 1 heterocycles. The molecule has 0 spiro atoms. The molecule has 0 aromatic heterocycles. The van der Waals surface area contributed by atoms with Crippen molar-refractivity contribution in [3.05, 3.63) is 59.7 Å². The molecule has 0 atom stereocenters. The Labute approximate surface area is 98.9 Å². The quantitative estimate of drug-likeness (QED) is 0.810. The maximum Gasteiger partial charge on any atom is 0.258 e. The van der Waals surface area contributed by atoms with Crippen molar-refractivity contribution in [2.45, 2.75) is 6.54 Å². The van der Waals surface area contributed by atoms with Gasteiger partial charge in [-0.2, -0.15) is 0 Å². The molecule has 0 saturated carbocycles. The normalized spacial score (nSPS) is 13.9. The van der Waals surface area contributed by atoms with Crippen LogP contribution in [0.25, 0.3) is 0 Å². The summed E-state index contributed by atoms with van der Waals surface area (Å²) >= 11 is 0. The van der Waals surface area contributed by atoms with Gasteiger partial charge in [0.1, 0.15) is 5.75 Å². The number of rotatable bonds is 1. The van der Waals surface area contributed by atoms with Gasteiger partial charge in [0.15, 0.2) is 0 Å². The van der Waals surface area contributed by atoms with Gasteiger partial charge >= 0.3 is 0 Å². The minimum atomic E-state index is 0.0197. The third-order valence-electron chi connectivity index (χ3n) is 2.98. The lowest BCUT2D eigenvalue weighted by Crippen LogP contribution is -2.22. The van der Waals surface area contributed by atoms with Crippen molar-refractivity contribution in [2.75, 3.05) is 4.90 Å². The van der Waals surface area contributed by atoms with E-state index < -0.39 is 0 Å². The van der Waals surface area contributed by atoms with E-state index in [-0.39, 0.29) is 11.7 Å². The average molecular weight is 225 g/mol. The Morgan fingerprint density at radius 2 is 1.71 bits per heavy atom. The smallest absolute Gasteiger partial charge is 0.258 e. The summed E-state index contributed by atoms with van der Waals surface area (Å²) < 4.78 is 0. The van der Waals surface area contributed by atoms with Crippen LogP contribution in [0.2, 0.25) is 0 Å². The van der Waals surface area contributed by atoms with Crippen LogP contribution in [0.4, 0.5) is 5.69 Å². The van der Waals surface area contributed by atoms with Gasteiger partial charge in [0.05, 0.1) is 6.54 Å². The molecule has 1 aliphatic heterocycles. The summed E-state index contributed by atoms with van der Waals surface area (Å²) in [5.74, 6) is 0.226. The Morgan fingerprint density at radius 1 is 1.00 bits per heavy atom. The number of aromatic hydroxyl groups is 1. The van der Waals surface area contributed by atoms with Crippen LogP contribution in [0.5, 0.6) is 5.75 Å². The van der Waals surface area contributed by atoms with Gasteiger partial charge in [-0.1, -0.05) is 18.2 Å². The van der Waals surface area contributed by atoms with Crippen LogP contribution in [0.15, 0.2) is 48.5 Å². The molecule has 1 N–H and O–H groups in total. The summed E-state index contributed by atoms with van der Waals surface area (Å²) in [6, 6.07) is 14.3. The molecule has 0 aliphatic carbocycles. The fourth-order valence-electron chi connectivity index (χ4n) is 2.10. The molecule has 2 aromatic rings. The first-order valence-electron chi connectivity index (χ1n) is 5.44. The monoisotopic (exact) mass is 225 g/mol. The molecular formula is C14H11NO2. The minimum absolute atomic E-state index is 0.0197. The van der Waals surface area contributed by atoms with Gasteiger partial charge in [0, 0.05) is 11.3 Å². The zero-order valence-electron chi connectivity index (χ0n) is 9.13. The van der Waals surface area contributed by atoms with Crippen molar-refractivity contribution in [1.29, 1.82) is 0 Å². The molecule has 0 radical (unpaired) electrons. The largest absolute Gasteiger partial charge is 0.508 e. The summed E-state index contributed by atoms with van der Waals surface area (Å²) in [4.78, 5) is 13.9. The second kappa shape index (κ2) is 3.63. The molecular weight excluding hydrogens is 214 g/mol. The number of carbonyl (C=O) groups excluding carboxylic acids is 1. The molecule has 3 nitrogen and oxygen atoms in total. The Morgan fingerprint density at radius 3 is 2.41 bits per heavy atom. The Bertz CT molecular complexity index is 575. The number of hydrogen-bond donors (Lipinski definition) is 1. The standard InChI is InChI=1S/C14H11NO2/c16-12-7-5-11(6-8-12)15-9-10-3-1-2-4-13(10)14(15)17/h1-8,16H,9H2. The second-order valence-corrected chi connectivity index (χ2v) is 4.06. The Hall–Kier alpha value is -2.29. The van der Waals surface area contributed by atoms with E-state index in [2.05, 4.69) is 0 Å². The highest BCUT2D eigenvalue weighted by Crippen LogP contribution is 2.28. The highest BCUT2D eigenvalue weighted by atomic mass is 16.3. The highest BCUT2D eigenvalue weighted by molar-refractivity contribution is 6.09. The molecule has 0 fully saturated rings. The molecule has 1 amide bonds. The van der Waals surface area contributed by atoms with Gasteiger partial charge in [-0.05, 0) is 35.9 Å². The zero-order chi connectivity index (χ0) is 11.8. The van der Waals surface area contributed by atoms with E-state index in [1.807, 2.05) is 24.3 Å². The topological polar surface area (TPSA) is 40.5 Å². The summed E-state index contributed by atoms with van der Waals surface area (Å²) in [6.45, 7) is 0.597. The van der Waals surface area contributed by atoms with Crippen molar-refractivity contribution >= 4 is 11.6 Å². The lowest BCUT2D eigenvalue weighted by Gasteiger charge is -2.15. The van der Waals surface area contributed by atoms with Gasteiger partial charge in [-0.15, -0.1) is 0 Å². The first-order valence-corrected chi connectivity index (χ1v) is 5.44. The maximum atomic E-state index is 12.1. The van der Waals surface area contributed by atoms with Gasteiger partial charge < -0.3 is 10.0 Å². The predicted molar refractivity (Wildman–Crippen MR) is 65.1 cm³/mol. The van der Waals surface area contributed by atoms with Gasteiger partial charge in [0.2, 0.25) is 0 Å². The van der Waals surface area contributed by atoms with E-state index in [0.717, 1.165) is 16.8 Å². The number of benzene rings is 2. The van der Waals surface area contributed by atoms with Crippen LogP contribution in [-0.4, -0.2) is 11.0 Å². The van der Waals surface area contributed by atoms with E-state index in [1.165, 1.54) is 0 Å². The Kier molecular flexibility index (Phi) is 2.11. The lowest BCUT2D eigenvalue weighted by molar-refractivity contribution is 0.0996. The number of hydrogen-bond acceptors (Lipinski definition) is 2. The van der Waals surface area contributed by atoms with Crippen LogP contribution in [0, 0.1) is 0 Å². The summed E-state index contributed by atoms with van der Waals surface area (Å²) in [7, 11) is 0. The van der Waals surface area contributed by atoms with Crippen molar-refractivity contribution in [1.82, 2.24) is 0 Å². The number of carbonyl (C=O) groups is 1. The molecule has 0 unspecified atom stereocenters. The Balaban J connectivity index is 1.99. The summed E-state index contributed by atoms with van der Waals surface area (Å²) in [6.07, 6.45) is 0. The SMILES string of the molecule is O=C1c2ccccc2CN1c1ccc(O)cc1. The van der Waals surface area contributed by atoms with Crippen LogP contribution >= 0.6 is 0 Å². The van der Waals surface area contributed by atoms with Crippen LogP contribution < -0.4 is 4.90 Å². The molecule has 17 heavy (non-hydrogen) atoms. The van der Waals surface area contributed by atoms with Crippen molar-refractivity contribution < 1.29 is 9.90 Å². The predicted octanol–water partition coefficient (Wildman–Crippen LogP) is 2.55. The van der Waals surface area contributed by atoms with E-state index in [4.69, 9.17) is 0 Å². The number of phenolic OH excluding ortho intramolecular Hbond substituents is 1. The van der Waals surface area contributed by atoms with Crippen molar-refractivity contribution in [2.24, 2.45) is 0 Å². The number of amides is 1. The first-order chi connectivity index (χ1) is 8.25. The van der Waals surface area contributed by atoms with Crippen LogP contribution in [0.1, 0.15) is 15.9 Å². The van der Waals surface area contributed by atoms with Crippen LogP contribution in [-0.2, 0) is 6.54 Å². The van der Waals surface area contributed by atoms with Gasteiger partial charge in [0.25, 0.3) is 5.91 Å². The highest BCUT2D eigenvalue weighted by Gasteiger charge is 2.27. The molecule has 3 heteroatoms. The fraction of sp³-hybridized carbons (Fsp3) is 0.0714.